The second-order valence-corrected chi connectivity index (χ2v) is 6.20. The molecule has 0 aliphatic carbocycles. The highest BCUT2D eigenvalue weighted by molar-refractivity contribution is 7.24. The molecule has 23 heavy (non-hydrogen) atoms. The van der Waals surface area contributed by atoms with Crippen LogP contribution in [0.25, 0.3) is 20.2 Å². The van der Waals surface area contributed by atoms with Crippen LogP contribution in [0.4, 0.5) is 0 Å². The van der Waals surface area contributed by atoms with Crippen LogP contribution in [0.3, 0.4) is 0 Å². The number of rotatable bonds is 2. The molecule has 0 fully saturated rings. The minimum absolute atomic E-state index is 0.139. The SMILES string of the molecule is CC(C)C(=O)OC=O.O=c1c2ccccc2sc2ccccc12. The number of ether oxygens (including phenoxy) is 1. The second-order valence-electron chi connectivity index (χ2n) is 5.11. The molecular formula is C18H16O4S. The third-order valence-corrected chi connectivity index (χ3v) is 4.27. The van der Waals surface area contributed by atoms with Gasteiger partial charge >= 0.3 is 12.4 Å². The molecular weight excluding hydrogens is 312 g/mol. The van der Waals surface area contributed by atoms with Gasteiger partial charge in [-0.05, 0) is 24.3 Å². The van der Waals surface area contributed by atoms with Crippen molar-refractivity contribution < 1.29 is 14.3 Å². The number of carbonyl (C=O) groups is 2. The van der Waals surface area contributed by atoms with Crippen LogP contribution in [0.1, 0.15) is 13.8 Å². The van der Waals surface area contributed by atoms with E-state index in [1.165, 1.54) is 0 Å². The lowest BCUT2D eigenvalue weighted by Gasteiger charge is -1.99. The maximum atomic E-state index is 12.1. The van der Waals surface area contributed by atoms with Gasteiger partial charge in [-0.15, -0.1) is 11.3 Å². The lowest BCUT2D eigenvalue weighted by atomic mass is 10.2. The van der Waals surface area contributed by atoms with Crippen molar-refractivity contribution in [3.63, 3.8) is 0 Å². The smallest absolute Gasteiger partial charge is 0.315 e. The predicted molar refractivity (Wildman–Crippen MR) is 92.6 cm³/mol. The Labute approximate surface area is 137 Å². The molecule has 0 bridgehead atoms. The molecule has 0 N–H and O–H groups in total. The van der Waals surface area contributed by atoms with Gasteiger partial charge in [-0.1, -0.05) is 38.1 Å². The van der Waals surface area contributed by atoms with Crippen molar-refractivity contribution in [1.82, 2.24) is 0 Å². The summed E-state index contributed by atoms with van der Waals surface area (Å²) in [6.07, 6.45) is 0. The van der Waals surface area contributed by atoms with E-state index in [1.807, 2.05) is 48.5 Å². The lowest BCUT2D eigenvalue weighted by Crippen LogP contribution is -2.09. The van der Waals surface area contributed by atoms with E-state index in [-0.39, 0.29) is 17.8 Å². The maximum Gasteiger partial charge on any atom is 0.315 e. The van der Waals surface area contributed by atoms with Crippen LogP contribution in [0.5, 0.6) is 0 Å². The number of carbonyl (C=O) groups excluding carboxylic acids is 2. The van der Waals surface area contributed by atoms with Crippen molar-refractivity contribution in [2.75, 3.05) is 0 Å². The fraction of sp³-hybridized carbons (Fsp3) is 0.167. The molecule has 4 nitrogen and oxygen atoms in total. The highest BCUT2D eigenvalue weighted by atomic mass is 32.1. The first-order valence-electron chi connectivity index (χ1n) is 7.09. The van der Waals surface area contributed by atoms with E-state index in [0.29, 0.717) is 0 Å². The number of benzene rings is 2. The Hall–Kier alpha value is -2.53. The summed E-state index contributed by atoms with van der Waals surface area (Å²) in [5.74, 6) is -0.708. The summed E-state index contributed by atoms with van der Waals surface area (Å²) in [6, 6.07) is 15.5. The fourth-order valence-corrected chi connectivity index (χ4v) is 3.01. The van der Waals surface area contributed by atoms with E-state index < -0.39 is 5.97 Å². The molecule has 0 atom stereocenters. The number of esters is 1. The van der Waals surface area contributed by atoms with Crippen LogP contribution in [-0.4, -0.2) is 12.4 Å². The molecule has 2 aromatic carbocycles. The van der Waals surface area contributed by atoms with Gasteiger partial charge in [0.15, 0.2) is 5.43 Å². The number of hydrogen-bond acceptors (Lipinski definition) is 5. The average Bonchev–Trinajstić information content (AvgIpc) is 2.56. The Kier molecular flexibility index (Phi) is 5.60. The standard InChI is InChI=1S/C13H8OS.C5H8O3/c14-13-9-5-1-3-7-11(9)15-12-8-4-2-6-10(12)13;1-4(2)5(7)8-3-6/h1-8H;3-4H,1-2H3. The van der Waals surface area contributed by atoms with Gasteiger partial charge < -0.3 is 4.74 Å². The zero-order valence-electron chi connectivity index (χ0n) is 12.8. The van der Waals surface area contributed by atoms with Crippen molar-refractivity contribution in [3.05, 3.63) is 58.8 Å². The molecule has 0 aliphatic heterocycles. The zero-order chi connectivity index (χ0) is 16.8. The highest BCUT2D eigenvalue weighted by Gasteiger charge is 2.05. The average molecular weight is 328 g/mol. The monoisotopic (exact) mass is 328 g/mol. The van der Waals surface area contributed by atoms with Crippen molar-refractivity contribution in [1.29, 1.82) is 0 Å². The molecule has 0 radical (unpaired) electrons. The van der Waals surface area contributed by atoms with E-state index in [0.717, 1.165) is 20.2 Å². The molecule has 0 aliphatic rings. The summed E-state index contributed by atoms with van der Waals surface area (Å²) in [5, 5.41) is 1.64. The first kappa shape index (κ1) is 16.8. The van der Waals surface area contributed by atoms with Crippen LogP contribution in [-0.2, 0) is 14.3 Å². The quantitative estimate of drug-likeness (QED) is 0.311. The predicted octanol–water partition coefficient (Wildman–Crippen LogP) is 3.76. The molecule has 1 heterocycles. The van der Waals surface area contributed by atoms with Crippen molar-refractivity contribution >= 4 is 44.0 Å². The zero-order valence-corrected chi connectivity index (χ0v) is 13.6. The van der Waals surface area contributed by atoms with Crippen LogP contribution in [0.15, 0.2) is 53.3 Å². The van der Waals surface area contributed by atoms with Crippen LogP contribution >= 0.6 is 11.3 Å². The Morgan fingerprint density at radius 2 is 1.48 bits per heavy atom. The lowest BCUT2D eigenvalue weighted by molar-refractivity contribution is -0.154. The first-order chi connectivity index (χ1) is 11.0. The third-order valence-electron chi connectivity index (χ3n) is 3.12. The van der Waals surface area contributed by atoms with Gasteiger partial charge in [0.2, 0.25) is 0 Å². The molecule has 0 unspecified atom stereocenters. The summed E-state index contributed by atoms with van der Waals surface area (Å²) in [6.45, 7) is 3.46. The highest BCUT2D eigenvalue weighted by Crippen LogP contribution is 2.23. The van der Waals surface area contributed by atoms with Crippen LogP contribution in [0.2, 0.25) is 0 Å². The Morgan fingerprint density at radius 1 is 1.00 bits per heavy atom. The van der Waals surface area contributed by atoms with E-state index >= 15 is 0 Å². The van der Waals surface area contributed by atoms with Crippen LogP contribution in [0, 0.1) is 5.92 Å². The number of fused-ring (bicyclic) bond motifs is 2. The molecule has 5 heteroatoms. The normalized spacial score (nSPS) is 10.2. The Balaban J connectivity index is 0.000000207. The topological polar surface area (TPSA) is 60.4 Å². The van der Waals surface area contributed by atoms with Gasteiger partial charge in [-0.25, -0.2) is 0 Å². The Bertz CT molecular complexity index is 839. The van der Waals surface area contributed by atoms with Crippen LogP contribution < -0.4 is 5.43 Å². The van der Waals surface area contributed by atoms with E-state index in [4.69, 9.17) is 0 Å². The summed E-state index contributed by atoms with van der Waals surface area (Å²) in [5.41, 5.74) is 0.139. The summed E-state index contributed by atoms with van der Waals surface area (Å²) in [4.78, 5) is 31.9. The second kappa shape index (κ2) is 7.65. The molecule has 1 aromatic heterocycles. The van der Waals surface area contributed by atoms with Crippen molar-refractivity contribution in [2.24, 2.45) is 5.92 Å². The summed E-state index contributed by atoms with van der Waals surface area (Å²) in [7, 11) is 0. The minimum Gasteiger partial charge on any atom is -0.395 e. The maximum absolute atomic E-state index is 12.1. The first-order valence-corrected chi connectivity index (χ1v) is 7.91. The molecule has 3 aromatic rings. The van der Waals surface area contributed by atoms with Gasteiger partial charge in [-0.2, -0.15) is 0 Å². The summed E-state index contributed by atoms with van der Waals surface area (Å²) >= 11 is 1.67. The van der Waals surface area contributed by atoms with Gasteiger partial charge in [0, 0.05) is 20.2 Å². The number of hydrogen-bond donors (Lipinski definition) is 0. The molecule has 0 amide bonds. The largest absolute Gasteiger partial charge is 0.395 e. The van der Waals surface area contributed by atoms with Gasteiger partial charge in [0.05, 0.1) is 5.92 Å². The molecule has 0 saturated carbocycles. The van der Waals surface area contributed by atoms with E-state index in [2.05, 4.69) is 4.74 Å². The van der Waals surface area contributed by atoms with Crippen molar-refractivity contribution in [2.45, 2.75) is 13.8 Å². The molecule has 3 rings (SSSR count). The molecule has 0 saturated heterocycles. The third kappa shape index (κ3) is 4.02. The van der Waals surface area contributed by atoms with E-state index in [9.17, 15) is 14.4 Å². The minimum atomic E-state index is -0.486. The fourth-order valence-electron chi connectivity index (χ4n) is 1.93. The van der Waals surface area contributed by atoms with Crippen molar-refractivity contribution in [3.8, 4) is 0 Å². The molecule has 118 valence electrons. The van der Waals surface area contributed by atoms with Gasteiger partial charge in [0.25, 0.3) is 0 Å². The van der Waals surface area contributed by atoms with E-state index in [1.54, 1.807) is 25.2 Å². The van der Waals surface area contributed by atoms with Gasteiger partial charge in [-0.3, -0.25) is 14.4 Å². The Morgan fingerprint density at radius 3 is 1.87 bits per heavy atom. The summed E-state index contributed by atoms with van der Waals surface area (Å²) < 4.78 is 6.10. The molecule has 0 spiro atoms. The van der Waals surface area contributed by atoms with Gasteiger partial charge in [0.1, 0.15) is 0 Å².